The summed E-state index contributed by atoms with van der Waals surface area (Å²) in [5.74, 6) is 0.0866. The summed E-state index contributed by atoms with van der Waals surface area (Å²) in [6.45, 7) is 1.89. The number of hydrogen-bond donors (Lipinski definition) is 1. The number of nitro benzene ring substituents is 1. The summed E-state index contributed by atoms with van der Waals surface area (Å²) < 4.78 is 5.27. The normalized spacial score (nSPS) is 14.6. The molecular weight excluding hydrogens is 410 g/mol. The molecule has 1 atom stereocenters. The Kier molecular flexibility index (Phi) is 7.81. The van der Waals surface area contributed by atoms with Crippen LogP contribution in [0.4, 0.5) is 5.69 Å². The summed E-state index contributed by atoms with van der Waals surface area (Å²) in [4.78, 5) is 38.6. The maximum Gasteiger partial charge on any atom is 0.273 e. The van der Waals surface area contributed by atoms with Crippen LogP contribution in [0.2, 0.25) is 0 Å². The van der Waals surface area contributed by atoms with Gasteiger partial charge in [-0.05, 0) is 37.5 Å². The van der Waals surface area contributed by atoms with Crippen molar-refractivity contribution in [1.29, 1.82) is 0 Å². The fourth-order valence-corrected chi connectivity index (χ4v) is 4.04. The number of benzene rings is 2. The van der Waals surface area contributed by atoms with Crippen LogP contribution in [0.25, 0.3) is 0 Å². The van der Waals surface area contributed by atoms with Gasteiger partial charge in [-0.1, -0.05) is 43.2 Å². The summed E-state index contributed by atoms with van der Waals surface area (Å²) >= 11 is 0. The van der Waals surface area contributed by atoms with Gasteiger partial charge >= 0.3 is 0 Å². The molecule has 8 heteroatoms. The molecule has 1 saturated carbocycles. The second kappa shape index (κ2) is 10.7. The molecular formula is C24H29N3O5. The Balaban J connectivity index is 1.83. The first-order valence-corrected chi connectivity index (χ1v) is 10.8. The number of hydrogen-bond acceptors (Lipinski definition) is 5. The number of carbonyl (C=O) groups is 2. The van der Waals surface area contributed by atoms with Crippen molar-refractivity contribution >= 4 is 17.5 Å². The lowest BCUT2D eigenvalue weighted by molar-refractivity contribution is -0.385. The van der Waals surface area contributed by atoms with Crippen molar-refractivity contribution in [1.82, 2.24) is 10.2 Å². The molecule has 0 radical (unpaired) electrons. The maximum atomic E-state index is 13.3. The molecule has 1 fully saturated rings. The Morgan fingerprint density at radius 1 is 1.19 bits per heavy atom. The number of methoxy groups -OCH3 is 1. The predicted octanol–water partition coefficient (Wildman–Crippen LogP) is 3.62. The maximum absolute atomic E-state index is 13.3. The summed E-state index contributed by atoms with van der Waals surface area (Å²) in [6, 6.07) is 12.9. The van der Waals surface area contributed by atoms with Crippen molar-refractivity contribution in [3.8, 4) is 5.75 Å². The highest BCUT2D eigenvalue weighted by atomic mass is 16.6. The SMILES string of the molecule is COc1cccc(CN(C(=O)Cc2ccccc2[N+](=O)[O-])C(C)C(=O)NC2CCCC2)c1. The first kappa shape index (κ1) is 23.2. The van der Waals surface area contributed by atoms with E-state index in [9.17, 15) is 19.7 Å². The van der Waals surface area contributed by atoms with Crippen LogP contribution in [-0.4, -0.2) is 40.8 Å². The average molecular weight is 440 g/mol. The number of carbonyl (C=O) groups excluding carboxylic acids is 2. The van der Waals surface area contributed by atoms with Crippen molar-refractivity contribution < 1.29 is 19.2 Å². The Hall–Kier alpha value is -3.42. The van der Waals surface area contributed by atoms with E-state index < -0.39 is 11.0 Å². The lowest BCUT2D eigenvalue weighted by Crippen LogP contribution is -2.50. The number of nitro groups is 1. The minimum Gasteiger partial charge on any atom is -0.497 e. The van der Waals surface area contributed by atoms with Gasteiger partial charge in [0.15, 0.2) is 0 Å². The van der Waals surface area contributed by atoms with Gasteiger partial charge in [-0.3, -0.25) is 19.7 Å². The highest BCUT2D eigenvalue weighted by Crippen LogP contribution is 2.22. The number of amides is 2. The lowest BCUT2D eigenvalue weighted by atomic mass is 10.1. The van der Waals surface area contributed by atoms with E-state index in [2.05, 4.69) is 5.32 Å². The summed E-state index contributed by atoms with van der Waals surface area (Å²) in [5.41, 5.74) is 1.02. The molecule has 1 N–H and O–H groups in total. The molecule has 170 valence electrons. The van der Waals surface area contributed by atoms with Crippen LogP contribution in [0.5, 0.6) is 5.75 Å². The van der Waals surface area contributed by atoms with Gasteiger partial charge in [0.25, 0.3) is 5.69 Å². The Morgan fingerprint density at radius 2 is 1.91 bits per heavy atom. The minimum atomic E-state index is -0.725. The number of rotatable bonds is 9. The van der Waals surface area contributed by atoms with E-state index >= 15 is 0 Å². The molecule has 1 aliphatic rings. The van der Waals surface area contributed by atoms with E-state index in [0.717, 1.165) is 31.2 Å². The van der Waals surface area contributed by atoms with Gasteiger partial charge < -0.3 is 15.0 Å². The molecule has 1 unspecified atom stereocenters. The second-order valence-electron chi connectivity index (χ2n) is 8.10. The largest absolute Gasteiger partial charge is 0.497 e. The number of ether oxygens (including phenoxy) is 1. The fourth-order valence-electron chi connectivity index (χ4n) is 4.04. The van der Waals surface area contributed by atoms with Gasteiger partial charge in [-0.15, -0.1) is 0 Å². The van der Waals surface area contributed by atoms with Crippen molar-refractivity contribution in [2.75, 3.05) is 7.11 Å². The molecule has 0 aromatic heterocycles. The molecule has 2 aromatic rings. The molecule has 8 nitrogen and oxygen atoms in total. The van der Waals surface area contributed by atoms with Gasteiger partial charge in [-0.2, -0.15) is 0 Å². The quantitative estimate of drug-likeness (QED) is 0.475. The molecule has 32 heavy (non-hydrogen) atoms. The number of nitrogens with zero attached hydrogens (tertiary/aromatic N) is 2. The monoisotopic (exact) mass is 439 g/mol. The van der Waals surface area contributed by atoms with Crippen molar-refractivity contribution in [3.05, 3.63) is 69.8 Å². The van der Waals surface area contributed by atoms with Gasteiger partial charge in [0.05, 0.1) is 18.5 Å². The summed E-state index contributed by atoms with van der Waals surface area (Å²) in [5, 5.41) is 14.4. The molecule has 0 aliphatic heterocycles. The summed E-state index contributed by atoms with van der Waals surface area (Å²) in [7, 11) is 1.56. The number of nitrogens with one attached hydrogen (secondary N) is 1. The average Bonchev–Trinajstić information content (AvgIpc) is 3.30. The molecule has 2 amide bonds. The molecule has 3 rings (SSSR count). The van der Waals surface area contributed by atoms with Gasteiger partial charge in [0.1, 0.15) is 11.8 Å². The third-order valence-corrected chi connectivity index (χ3v) is 5.89. The van der Waals surface area contributed by atoms with E-state index in [0.29, 0.717) is 11.3 Å². The van der Waals surface area contributed by atoms with E-state index in [-0.39, 0.29) is 36.5 Å². The van der Waals surface area contributed by atoms with Crippen LogP contribution in [0, 0.1) is 10.1 Å². The van der Waals surface area contributed by atoms with Crippen molar-refractivity contribution in [2.24, 2.45) is 0 Å². The second-order valence-corrected chi connectivity index (χ2v) is 8.10. The van der Waals surface area contributed by atoms with Crippen LogP contribution >= 0.6 is 0 Å². The lowest BCUT2D eigenvalue weighted by Gasteiger charge is -2.30. The van der Waals surface area contributed by atoms with Crippen molar-refractivity contribution in [2.45, 2.75) is 57.7 Å². The molecule has 0 spiro atoms. The fraction of sp³-hybridized carbons (Fsp3) is 0.417. The third-order valence-electron chi connectivity index (χ3n) is 5.89. The zero-order chi connectivity index (χ0) is 23.1. The Labute approximate surface area is 187 Å². The zero-order valence-electron chi connectivity index (χ0n) is 18.5. The smallest absolute Gasteiger partial charge is 0.273 e. The van der Waals surface area contributed by atoms with E-state index in [4.69, 9.17) is 4.74 Å². The molecule has 0 heterocycles. The first-order valence-electron chi connectivity index (χ1n) is 10.8. The van der Waals surface area contributed by atoms with Gasteiger partial charge in [0.2, 0.25) is 11.8 Å². The molecule has 1 aliphatic carbocycles. The first-order chi connectivity index (χ1) is 15.4. The minimum absolute atomic E-state index is 0.106. The third kappa shape index (κ3) is 5.84. The van der Waals surface area contributed by atoms with E-state index in [1.165, 1.54) is 11.0 Å². The van der Waals surface area contributed by atoms with Crippen LogP contribution in [-0.2, 0) is 22.6 Å². The van der Waals surface area contributed by atoms with Crippen LogP contribution in [0.15, 0.2) is 48.5 Å². The molecule has 2 aromatic carbocycles. The van der Waals surface area contributed by atoms with Crippen LogP contribution in [0.3, 0.4) is 0 Å². The van der Waals surface area contributed by atoms with Gasteiger partial charge in [-0.25, -0.2) is 0 Å². The van der Waals surface area contributed by atoms with E-state index in [1.54, 1.807) is 38.3 Å². The van der Waals surface area contributed by atoms with Crippen molar-refractivity contribution in [3.63, 3.8) is 0 Å². The highest BCUT2D eigenvalue weighted by molar-refractivity contribution is 5.88. The van der Waals surface area contributed by atoms with E-state index in [1.807, 2.05) is 18.2 Å². The topological polar surface area (TPSA) is 102 Å². The molecule has 0 saturated heterocycles. The highest BCUT2D eigenvalue weighted by Gasteiger charge is 2.29. The van der Waals surface area contributed by atoms with Crippen LogP contribution in [0.1, 0.15) is 43.7 Å². The predicted molar refractivity (Wildman–Crippen MR) is 120 cm³/mol. The van der Waals surface area contributed by atoms with Crippen LogP contribution < -0.4 is 10.1 Å². The Bertz CT molecular complexity index is 972. The van der Waals surface area contributed by atoms with Gasteiger partial charge in [0, 0.05) is 24.2 Å². The molecule has 0 bridgehead atoms. The number of para-hydroxylation sites is 1. The Morgan fingerprint density at radius 3 is 2.59 bits per heavy atom. The standard InChI is InChI=1S/C24H29N3O5/c1-17(24(29)25-20-10-4-5-11-20)26(16-18-8-7-12-21(14-18)32-2)23(28)15-19-9-3-6-13-22(19)27(30)31/h3,6-9,12-14,17,20H,4-5,10-11,15-16H2,1-2H3,(H,25,29). The zero-order valence-corrected chi connectivity index (χ0v) is 18.5. The summed E-state index contributed by atoms with van der Waals surface area (Å²) in [6.07, 6.45) is 3.89.